The summed E-state index contributed by atoms with van der Waals surface area (Å²) in [5.74, 6) is 0.956. The van der Waals surface area contributed by atoms with Crippen molar-refractivity contribution in [2.75, 3.05) is 0 Å². The maximum absolute atomic E-state index is 6.48. The fourth-order valence-electron chi connectivity index (χ4n) is 7.56. The van der Waals surface area contributed by atoms with Crippen molar-refractivity contribution >= 4 is 21.7 Å². The second-order valence-corrected chi connectivity index (χ2v) is 12.4. The summed E-state index contributed by atoms with van der Waals surface area (Å²) in [5.41, 5.74) is 14.1. The van der Waals surface area contributed by atoms with Crippen LogP contribution in [0, 0.1) is 0 Å². The molecule has 2 heteroatoms. The van der Waals surface area contributed by atoms with Gasteiger partial charge in [-0.15, -0.1) is 0 Å². The van der Waals surface area contributed by atoms with E-state index in [4.69, 9.17) is 9.15 Å². The van der Waals surface area contributed by atoms with Gasteiger partial charge in [0, 0.05) is 10.9 Å². The lowest BCUT2D eigenvalue weighted by Gasteiger charge is -2.16. The van der Waals surface area contributed by atoms with Crippen LogP contribution in [0.4, 0.5) is 0 Å². The van der Waals surface area contributed by atoms with E-state index in [1.807, 2.05) is 0 Å². The Hall–Kier alpha value is -5.70. The number of furan rings is 1. The lowest BCUT2D eigenvalue weighted by molar-refractivity contribution is 0.0778. The van der Waals surface area contributed by atoms with Crippen molar-refractivity contribution in [1.29, 1.82) is 0 Å². The molecule has 0 radical (unpaired) electrons. The molecule has 0 N–H and O–H groups in total. The number of fused-ring (bicyclic) bond motifs is 11. The maximum atomic E-state index is 6.48. The molecule has 2 unspecified atom stereocenters. The third-order valence-corrected chi connectivity index (χ3v) is 9.74. The average Bonchev–Trinajstić information content (AvgIpc) is 3.81. The zero-order chi connectivity index (χ0) is 30.2. The van der Waals surface area contributed by atoms with Crippen molar-refractivity contribution in [2.24, 2.45) is 0 Å². The van der Waals surface area contributed by atoms with E-state index >= 15 is 0 Å². The molecule has 2 atom stereocenters. The predicted octanol–water partition coefficient (Wildman–Crippen LogP) is 11.8. The van der Waals surface area contributed by atoms with Crippen molar-refractivity contribution < 1.29 is 9.15 Å². The molecule has 0 amide bonds. The second-order valence-electron chi connectivity index (χ2n) is 12.4. The molecule has 216 valence electrons. The second kappa shape index (κ2) is 9.90. The molecular formula is C44H28O2. The summed E-state index contributed by atoms with van der Waals surface area (Å²) in [6, 6.07) is 56.9. The first-order valence-electron chi connectivity index (χ1n) is 15.9. The van der Waals surface area contributed by atoms with E-state index in [0.29, 0.717) is 0 Å². The van der Waals surface area contributed by atoms with Crippen LogP contribution in [0.25, 0.3) is 66.2 Å². The third-order valence-electron chi connectivity index (χ3n) is 9.74. The Kier molecular flexibility index (Phi) is 5.51. The molecule has 1 aromatic heterocycles. The van der Waals surface area contributed by atoms with E-state index in [-0.39, 0.29) is 12.2 Å². The predicted molar refractivity (Wildman–Crippen MR) is 187 cm³/mol. The van der Waals surface area contributed by atoms with Gasteiger partial charge in [-0.2, -0.15) is 0 Å². The quantitative estimate of drug-likeness (QED) is 0.204. The van der Waals surface area contributed by atoms with Crippen molar-refractivity contribution in [3.05, 3.63) is 180 Å². The first-order chi connectivity index (χ1) is 22.8. The Morgan fingerprint density at radius 1 is 0.391 bits per heavy atom. The molecule has 7 aromatic carbocycles. The van der Waals surface area contributed by atoms with Crippen LogP contribution >= 0.6 is 0 Å². The van der Waals surface area contributed by atoms with Gasteiger partial charge in [0.1, 0.15) is 23.6 Å². The van der Waals surface area contributed by atoms with Crippen LogP contribution in [0.5, 0.6) is 0 Å². The highest BCUT2D eigenvalue weighted by Crippen LogP contribution is 2.57. The lowest BCUT2D eigenvalue weighted by Crippen LogP contribution is -2.00. The summed E-state index contributed by atoms with van der Waals surface area (Å²) >= 11 is 0. The van der Waals surface area contributed by atoms with Gasteiger partial charge in [0.25, 0.3) is 0 Å². The molecule has 2 nitrogen and oxygen atoms in total. The van der Waals surface area contributed by atoms with Gasteiger partial charge in [-0.3, -0.25) is 0 Å². The number of rotatable bonds is 4. The molecule has 10 rings (SSSR count). The molecule has 0 saturated heterocycles. The van der Waals surface area contributed by atoms with Gasteiger partial charge in [0.15, 0.2) is 0 Å². The molecule has 2 aliphatic rings. The molecule has 46 heavy (non-hydrogen) atoms. The summed E-state index contributed by atoms with van der Waals surface area (Å²) < 4.78 is 13.0. The van der Waals surface area contributed by atoms with Crippen molar-refractivity contribution in [1.82, 2.24) is 0 Å². The van der Waals surface area contributed by atoms with Gasteiger partial charge in [0.2, 0.25) is 0 Å². The van der Waals surface area contributed by atoms with Crippen LogP contribution in [-0.4, -0.2) is 0 Å². The van der Waals surface area contributed by atoms with Gasteiger partial charge in [-0.25, -0.2) is 0 Å². The normalized spacial score (nSPS) is 16.2. The molecule has 0 fully saturated rings. The molecule has 0 spiro atoms. The SMILES string of the molecule is c1ccc(-c2cc(-c3ccccc3)cc(-c3cc4ccccc4cc3-c3ccc4oc5c(c4c3)C3OC5c4ccccc43)c2)cc1. The molecule has 0 aliphatic carbocycles. The fourth-order valence-corrected chi connectivity index (χ4v) is 7.56. The molecule has 0 saturated carbocycles. The number of hydrogen-bond donors (Lipinski definition) is 0. The average molecular weight is 589 g/mol. The van der Waals surface area contributed by atoms with E-state index in [1.165, 1.54) is 72.0 Å². The first kappa shape index (κ1) is 25.6. The van der Waals surface area contributed by atoms with Crippen molar-refractivity contribution in [2.45, 2.75) is 12.2 Å². The van der Waals surface area contributed by atoms with Gasteiger partial charge in [-0.05, 0) is 109 Å². The highest BCUT2D eigenvalue weighted by Gasteiger charge is 2.46. The van der Waals surface area contributed by atoms with Crippen LogP contribution in [0.15, 0.2) is 162 Å². The minimum Gasteiger partial charge on any atom is -0.457 e. The summed E-state index contributed by atoms with van der Waals surface area (Å²) in [5, 5.41) is 3.58. The summed E-state index contributed by atoms with van der Waals surface area (Å²) in [4.78, 5) is 0. The molecular weight excluding hydrogens is 560 g/mol. The van der Waals surface area contributed by atoms with Crippen LogP contribution in [0.2, 0.25) is 0 Å². The molecule has 8 aromatic rings. The monoisotopic (exact) mass is 588 g/mol. The minimum atomic E-state index is -0.125. The minimum absolute atomic E-state index is 0.0836. The Balaban J connectivity index is 1.20. The first-order valence-corrected chi connectivity index (χ1v) is 15.9. The van der Waals surface area contributed by atoms with E-state index in [9.17, 15) is 0 Å². The van der Waals surface area contributed by atoms with Crippen LogP contribution in [0.1, 0.15) is 34.7 Å². The summed E-state index contributed by atoms with van der Waals surface area (Å²) in [6.45, 7) is 0. The van der Waals surface area contributed by atoms with Crippen LogP contribution < -0.4 is 0 Å². The van der Waals surface area contributed by atoms with E-state index in [2.05, 4.69) is 158 Å². The fraction of sp³-hybridized carbons (Fsp3) is 0.0455. The number of benzene rings is 7. The smallest absolute Gasteiger partial charge is 0.144 e. The Morgan fingerprint density at radius 3 is 1.59 bits per heavy atom. The molecule has 2 aliphatic heterocycles. The highest BCUT2D eigenvalue weighted by atomic mass is 16.5. The lowest BCUT2D eigenvalue weighted by atomic mass is 9.86. The Labute approximate surface area is 267 Å². The number of ether oxygens (including phenoxy) is 1. The van der Waals surface area contributed by atoms with E-state index < -0.39 is 0 Å². The van der Waals surface area contributed by atoms with Gasteiger partial charge in [-0.1, -0.05) is 115 Å². The zero-order valence-electron chi connectivity index (χ0n) is 25.0. The largest absolute Gasteiger partial charge is 0.457 e. The van der Waals surface area contributed by atoms with Crippen molar-refractivity contribution in [3.8, 4) is 44.5 Å². The van der Waals surface area contributed by atoms with Gasteiger partial charge < -0.3 is 9.15 Å². The number of hydrogen-bond acceptors (Lipinski definition) is 2. The third kappa shape index (κ3) is 3.87. The van der Waals surface area contributed by atoms with E-state index in [1.54, 1.807) is 0 Å². The van der Waals surface area contributed by atoms with Crippen molar-refractivity contribution in [3.63, 3.8) is 0 Å². The highest BCUT2D eigenvalue weighted by molar-refractivity contribution is 6.00. The van der Waals surface area contributed by atoms with E-state index in [0.717, 1.165) is 16.7 Å². The topological polar surface area (TPSA) is 22.4 Å². The zero-order valence-corrected chi connectivity index (χ0v) is 25.0. The Bertz CT molecular complexity index is 2400. The summed E-state index contributed by atoms with van der Waals surface area (Å²) in [7, 11) is 0. The summed E-state index contributed by atoms with van der Waals surface area (Å²) in [6.07, 6.45) is -0.208. The maximum Gasteiger partial charge on any atom is 0.144 e. The standard InChI is InChI=1S/C44H28O2/c1-3-11-27(12-4-1)32-21-33(28-13-5-2-6-14-28)23-34(22-32)38-25-30-16-8-7-15-29(30)24-37(38)31-19-20-40-39(26-31)41-42-35-17-9-10-18-36(35)43(46-42)44(41)45-40/h1-26,42-43H. The molecule has 2 bridgehead atoms. The van der Waals surface area contributed by atoms with Gasteiger partial charge >= 0.3 is 0 Å². The molecule has 3 heterocycles. The van der Waals surface area contributed by atoms with Crippen LogP contribution in [0.3, 0.4) is 0 Å². The van der Waals surface area contributed by atoms with Gasteiger partial charge in [0.05, 0.1) is 0 Å². The van der Waals surface area contributed by atoms with Crippen LogP contribution in [-0.2, 0) is 4.74 Å². The Morgan fingerprint density at radius 2 is 0.935 bits per heavy atom.